The van der Waals surface area contributed by atoms with Gasteiger partial charge in [-0.1, -0.05) is 35.9 Å². The lowest BCUT2D eigenvalue weighted by Crippen LogP contribution is -2.31. The van der Waals surface area contributed by atoms with Gasteiger partial charge in [0.25, 0.3) is 11.8 Å². The molecule has 1 heterocycles. The highest BCUT2D eigenvalue weighted by atomic mass is 35.5. The third-order valence-corrected chi connectivity index (χ3v) is 5.36. The molecule has 0 aliphatic carbocycles. The second kappa shape index (κ2) is 10.2. The number of anilines is 1. The number of carbonyl (C=O) groups excluding carboxylic acids is 2. The molecule has 1 atom stereocenters. The fourth-order valence-electron chi connectivity index (χ4n) is 2.41. The molecule has 2 aromatic carbocycles. The van der Waals surface area contributed by atoms with Crippen molar-refractivity contribution in [2.75, 3.05) is 5.32 Å². The zero-order valence-electron chi connectivity index (χ0n) is 16.5. The number of rotatable bonds is 8. The van der Waals surface area contributed by atoms with Gasteiger partial charge in [-0.2, -0.15) is 0 Å². The summed E-state index contributed by atoms with van der Waals surface area (Å²) in [4.78, 5) is 24.8. The van der Waals surface area contributed by atoms with Crippen LogP contribution in [0.5, 0.6) is 5.75 Å². The summed E-state index contributed by atoms with van der Waals surface area (Å²) in [5, 5.41) is 15.0. The fourth-order valence-corrected chi connectivity index (χ4v) is 3.19. The molecule has 30 heavy (non-hydrogen) atoms. The van der Waals surface area contributed by atoms with E-state index in [1.54, 1.807) is 48.5 Å². The molecule has 2 N–H and O–H groups in total. The van der Waals surface area contributed by atoms with E-state index < -0.39 is 5.91 Å². The Morgan fingerprint density at radius 3 is 2.63 bits per heavy atom. The van der Waals surface area contributed by atoms with Crippen molar-refractivity contribution in [3.05, 3.63) is 69.1 Å². The SMILES string of the molecule is CC[C@H](C)NC(=O)c1cccc(NC(=O)c2nnc(COc3ccc(Cl)cc3)s2)c1. The van der Waals surface area contributed by atoms with Crippen LogP contribution in [0.3, 0.4) is 0 Å². The van der Waals surface area contributed by atoms with Crippen LogP contribution < -0.4 is 15.4 Å². The molecule has 1 aromatic heterocycles. The molecule has 7 nitrogen and oxygen atoms in total. The lowest BCUT2D eigenvalue weighted by atomic mass is 10.1. The van der Waals surface area contributed by atoms with Crippen LogP contribution in [0.15, 0.2) is 48.5 Å². The van der Waals surface area contributed by atoms with Crippen LogP contribution >= 0.6 is 22.9 Å². The van der Waals surface area contributed by atoms with E-state index in [-0.39, 0.29) is 23.6 Å². The lowest BCUT2D eigenvalue weighted by Gasteiger charge is -2.12. The number of ether oxygens (including phenoxy) is 1. The first-order valence-corrected chi connectivity index (χ1v) is 10.6. The highest BCUT2D eigenvalue weighted by molar-refractivity contribution is 7.13. The molecule has 0 aliphatic rings. The van der Waals surface area contributed by atoms with Gasteiger partial charge < -0.3 is 15.4 Å². The molecule has 0 saturated heterocycles. The Hall–Kier alpha value is -2.97. The molecule has 0 saturated carbocycles. The second-order valence-electron chi connectivity index (χ2n) is 6.56. The highest BCUT2D eigenvalue weighted by Gasteiger charge is 2.15. The molecule has 0 radical (unpaired) electrons. The number of halogens is 1. The summed E-state index contributed by atoms with van der Waals surface area (Å²) in [6.07, 6.45) is 0.837. The quantitative estimate of drug-likeness (QED) is 0.531. The first kappa shape index (κ1) is 21.7. The van der Waals surface area contributed by atoms with Crippen molar-refractivity contribution in [1.29, 1.82) is 0 Å². The summed E-state index contributed by atoms with van der Waals surface area (Å²) < 4.78 is 5.61. The van der Waals surface area contributed by atoms with Gasteiger partial charge >= 0.3 is 0 Å². The Morgan fingerprint density at radius 2 is 1.90 bits per heavy atom. The van der Waals surface area contributed by atoms with E-state index in [1.165, 1.54) is 0 Å². The number of nitrogens with zero attached hydrogens (tertiary/aromatic N) is 2. The molecule has 0 spiro atoms. The van der Waals surface area contributed by atoms with Crippen LogP contribution in [0.25, 0.3) is 0 Å². The number of hydrogen-bond donors (Lipinski definition) is 2. The van der Waals surface area contributed by atoms with Crippen LogP contribution in [-0.2, 0) is 6.61 Å². The van der Waals surface area contributed by atoms with Gasteiger partial charge in [-0.05, 0) is 55.8 Å². The molecular formula is C21H21ClN4O3S. The molecule has 0 aliphatic heterocycles. The lowest BCUT2D eigenvalue weighted by molar-refractivity contribution is 0.0938. The molecule has 0 bridgehead atoms. The highest BCUT2D eigenvalue weighted by Crippen LogP contribution is 2.19. The zero-order valence-corrected chi connectivity index (χ0v) is 18.1. The van der Waals surface area contributed by atoms with E-state index in [0.29, 0.717) is 27.0 Å². The maximum absolute atomic E-state index is 12.5. The number of benzene rings is 2. The monoisotopic (exact) mass is 444 g/mol. The van der Waals surface area contributed by atoms with Crippen LogP contribution in [0, 0.1) is 0 Å². The van der Waals surface area contributed by atoms with Crippen molar-refractivity contribution in [2.24, 2.45) is 0 Å². The first-order chi connectivity index (χ1) is 14.4. The van der Waals surface area contributed by atoms with Crippen molar-refractivity contribution in [3.8, 4) is 5.75 Å². The van der Waals surface area contributed by atoms with Crippen LogP contribution in [0.4, 0.5) is 5.69 Å². The largest absolute Gasteiger partial charge is 0.486 e. The van der Waals surface area contributed by atoms with Gasteiger partial charge in [-0.3, -0.25) is 9.59 Å². The molecule has 2 amide bonds. The minimum absolute atomic E-state index is 0.0747. The third-order valence-electron chi connectivity index (χ3n) is 4.21. The number of aromatic nitrogens is 2. The summed E-state index contributed by atoms with van der Waals surface area (Å²) in [7, 11) is 0. The molecule has 156 valence electrons. The summed E-state index contributed by atoms with van der Waals surface area (Å²) in [6.45, 7) is 4.13. The topological polar surface area (TPSA) is 93.2 Å². The Labute approximate surface area is 183 Å². The van der Waals surface area contributed by atoms with Gasteiger partial charge in [0.15, 0.2) is 5.01 Å². The average molecular weight is 445 g/mol. The van der Waals surface area contributed by atoms with E-state index in [1.807, 2.05) is 13.8 Å². The Balaban J connectivity index is 1.59. The van der Waals surface area contributed by atoms with Gasteiger partial charge in [0, 0.05) is 22.3 Å². The summed E-state index contributed by atoms with van der Waals surface area (Å²) >= 11 is 6.99. The number of carbonyl (C=O) groups is 2. The predicted octanol–water partition coefficient (Wildman–Crippen LogP) is 4.55. The van der Waals surface area contributed by atoms with Gasteiger partial charge in [-0.15, -0.1) is 10.2 Å². The zero-order chi connectivity index (χ0) is 21.5. The summed E-state index contributed by atoms with van der Waals surface area (Å²) in [5.74, 6) is 0.0656. The van der Waals surface area contributed by atoms with Crippen molar-refractivity contribution in [2.45, 2.75) is 32.9 Å². The predicted molar refractivity (Wildman–Crippen MR) is 117 cm³/mol. The van der Waals surface area contributed by atoms with Crippen molar-refractivity contribution in [3.63, 3.8) is 0 Å². The Morgan fingerprint density at radius 1 is 1.13 bits per heavy atom. The summed E-state index contributed by atoms with van der Waals surface area (Å²) in [6, 6.07) is 13.8. The number of hydrogen-bond acceptors (Lipinski definition) is 6. The Bertz CT molecular complexity index is 1020. The van der Waals surface area contributed by atoms with Crippen molar-refractivity contribution in [1.82, 2.24) is 15.5 Å². The van der Waals surface area contributed by atoms with E-state index in [4.69, 9.17) is 16.3 Å². The van der Waals surface area contributed by atoms with Crippen molar-refractivity contribution >= 4 is 40.4 Å². The van der Waals surface area contributed by atoms with E-state index in [2.05, 4.69) is 20.8 Å². The van der Waals surface area contributed by atoms with E-state index >= 15 is 0 Å². The average Bonchev–Trinajstić information content (AvgIpc) is 3.22. The van der Waals surface area contributed by atoms with Gasteiger partial charge in [0.2, 0.25) is 5.01 Å². The van der Waals surface area contributed by atoms with Crippen LogP contribution in [0.2, 0.25) is 5.02 Å². The normalized spacial score (nSPS) is 11.6. The maximum atomic E-state index is 12.5. The standard InChI is InChI=1S/C21H21ClN4O3S/c1-3-13(2)23-19(27)14-5-4-6-16(11-14)24-20(28)21-26-25-18(30-21)12-29-17-9-7-15(22)8-10-17/h4-11,13H,3,12H2,1-2H3,(H,23,27)(H,24,28)/t13-/m0/s1. The minimum atomic E-state index is -0.398. The minimum Gasteiger partial charge on any atom is -0.486 e. The van der Waals surface area contributed by atoms with Crippen LogP contribution in [-0.4, -0.2) is 28.1 Å². The molecule has 0 fully saturated rings. The Kier molecular flexibility index (Phi) is 7.37. The molecule has 9 heteroatoms. The van der Waals surface area contributed by atoms with Gasteiger partial charge in [0.05, 0.1) is 0 Å². The number of nitrogens with one attached hydrogen (secondary N) is 2. The fraction of sp³-hybridized carbons (Fsp3) is 0.238. The van der Waals surface area contributed by atoms with E-state index in [9.17, 15) is 9.59 Å². The smallest absolute Gasteiger partial charge is 0.286 e. The second-order valence-corrected chi connectivity index (χ2v) is 8.06. The maximum Gasteiger partial charge on any atom is 0.286 e. The van der Waals surface area contributed by atoms with Gasteiger partial charge in [0.1, 0.15) is 12.4 Å². The molecule has 0 unspecified atom stereocenters. The molecule has 3 rings (SSSR count). The van der Waals surface area contributed by atoms with Crippen molar-refractivity contribution < 1.29 is 14.3 Å². The third kappa shape index (κ3) is 6.01. The van der Waals surface area contributed by atoms with Gasteiger partial charge in [-0.25, -0.2) is 0 Å². The first-order valence-electron chi connectivity index (χ1n) is 9.37. The molecule has 3 aromatic rings. The van der Waals surface area contributed by atoms with E-state index in [0.717, 1.165) is 17.8 Å². The summed E-state index contributed by atoms with van der Waals surface area (Å²) in [5.41, 5.74) is 0.980. The molecular weight excluding hydrogens is 424 g/mol. The number of amides is 2. The van der Waals surface area contributed by atoms with Crippen LogP contribution in [0.1, 0.15) is 45.4 Å².